The molecule has 1 amide bonds. The molecule has 2 rings (SSSR count). The van der Waals surface area contributed by atoms with Crippen molar-refractivity contribution in [1.82, 2.24) is 15.2 Å². The molecule has 1 aliphatic heterocycles. The summed E-state index contributed by atoms with van der Waals surface area (Å²) in [4.78, 5) is 18.3. The Labute approximate surface area is 108 Å². The van der Waals surface area contributed by atoms with Crippen LogP contribution in [0.15, 0.2) is 24.4 Å². The predicted molar refractivity (Wildman–Crippen MR) is 71.2 cm³/mol. The molecule has 0 saturated carbocycles. The summed E-state index contributed by atoms with van der Waals surface area (Å²) in [7, 11) is 2.11. The van der Waals surface area contributed by atoms with Gasteiger partial charge in [0.05, 0.1) is 0 Å². The van der Waals surface area contributed by atoms with Gasteiger partial charge in [-0.1, -0.05) is 6.07 Å². The maximum Gasteiger partial charge on any atom is 0.220 e. The quantitative estimate of drug-likeness (QED) is 0.847. The second-order valence-electron chi connectivity index (χ2n) is 5.04. The number of aromatic nitrogens is 1. The van der Waals surface area contributed by atoms with Crippen molar-refractivity contribution in [1.29, 1.82) is 0 Å². The fraction of sp³-hybridized carbons (Fsp3) is 0.571. The highest BCUT2D eigenvalue weighted by Crippen LogP contribution is 2.17. The van der Waals surface area contributed by atoms with Crippen LogP contribution in [0.1, 0.15) is 18.5 Å². The van der Waals surface area contributed by atoms with E-state index in [4.69, 9.17) is 0 Å². The van der Waals surface area contributed by atoms with E-state index in [2.05, 4.69) is 22.2 Å². The molecule has 0 bridgehead atoms. The number of likely N-dealkylation sites (tertiary alicyclic amines) is 1. The number of nitrogens with zero attached hydrogens (tertiary/aromatic N) is 2. The molecule has 98 valence electrons. The normalized spacial score (nSPS) is 19.9. The average molecular weight is 247 g/mol. The Bertz CT molecular complexity index is 380. The Morgan fingerprint density at radius 3 is 3.11 bits per heavy atom. The lowest BCUT2D eigenvalue weighted by atomic mass is 10.0. The summed E-state index contributed by atoms with van der Waals surface area (Å²) < 4.78 is 0. The zero-order valence-corrected chi connectivity index (χ0v) is 10.9. The lowest BCUT2D eigenvalue weighted by Crippen LogP contribution is -2.28. The largest absolute Gasteiger partial charge is 0.356 e. The lowest BCUT2D eigenvalue weighted by molar-refractivity contribution is -0.121. The van der Waals surface area contributed by atoms with Crippen molar-refractivity contribution in [2.24, 2.45) is 5.92 Å². The van der Waals surface area contributed by atoms with Gasteiger partial charge in [0.2, 0.25) is 5.91 Å². The first kappa shape index (κ1) is 13.0. The maximum atomic E-state index is 11.7. The van der Waals surface area contributed by atoms with Crippen LogP contribution >= 0.6 is 0 Å². The molecule has 18 heavy (non-hydrogen) atoms. The van der Waals surface area contributed by atoms with Gasteiger partial charge in [-0.25, -0.2) is 0 Å². The smallest absolute Gasteiger partial charge is 0.220 e. The molecule has 2 heterocycles. The molecule has 1 unspecified atom stereocenters. The van der Waals surface area contributed by atoms with Gasteiger partial charge >= 0.3 is 0 Å². The number of carbonyl (C=O) groups is 1. The van der Waals surface area contributed by atoms with Crippen LogP contribution in [0.5, 0.6) is 0 Å². The van der Waals surface area contributed by atoms with Crippen LogP contribution in [0.2, 0.25) is 0 Å². The number of nitrogens with one attached hydrogen (secondary N) is 1. The molecule has 0 radical (unpaired) electrons. The van der Waals surface area contributed by atoms with E-state index in [1.807, 2.05) is 18.2 Å². The summed E-state index contributed by atoms with van der Waals surface area (Å²) in [6, 6.07) is 5.86. The molecule has 1 aromatic rings. The van der Waals surface area contributed by atoms with Crippen LogP contribution in [0.4, 0.5) is 0 Å². The van der Waals surface area contributed by atoms with Gasteiger partial charge in [0, 0.05) is 37.8 Å². The zero-order valence-electron chi connectivity index (χ0n) is 10.9. The lowest BCUT2D eigenvalue weighted by Gasteiger charge is -2.10. The minimum absolute atomic E-state index is 0.172. The second-order valence-corrected chi connectivity index (χ2v) is 5.04. The number of hydrogen-bond acceptors (Lipinski definition) is 3. The Hall–Kier alpha value is -1.42. The summed E-state index contributed by atoms with van der Waals surface area (Å²) in [5.41, 5.74) is 1.03. The fourth-order valence-corrected chi connectivity index (χ4v) is 2.40. The van der Waals surface area contributed by atoms with Gasteiger partial charge < -0.3 is 10.2 Å². The third-order valence-electron chi connectivity index (χ3n) is 3.39. The van der Waals surface area contributed by atoms with Gasteiger partial charge in [-0.15, -0.1) is 0 Å². The molecule has 1 fully saturated rings. The topological polar surface area (TPSA) is 45.2 Å². The van der Waals surface area contributed by atoms with Gasteiger partial charge in [0.1, 0.15) is 0 Å². The summed E-state index contributed by atoms with van der Waals surface area (Å²) in [6.07, 6.45) is 4.39. The minimum Gasteiger partial charge on any atom is -0.356 e. The van der Waals surface area contributed by atoms with Gasteiger partial charge in [0.15, 0.2) is 0 Å². The summed E-state index contributed by atoms with van der Waals surface area (Å²) in [5, 5.41) is 2.98. The predicted octanol–water partition coefficient (Wildman–Crippen LogP) is 1.08. The summed E-state index contributed by atoms with van der Waals surface area (Å²) in [5.74, 6) is 0.705. The number of carbonyl (C=O) groups excluding carboxylic acids is 1. The number of rotatable bonds is 5. The van der Waals surface area contributed by atoms with E-state index in [1.54, 1.807) is 6.20 Å². The highest BCUT2D eigenvalue weighted by atomic mass is 16.1. The first-order valence-electron chi connectivity index (χ1n) is 6.59. The average Bonchev–Trinajstić information content (AvgIpc) is 2.76. The fourth-order valence-electron chi connectivity index (χ4n) is 2.40. The van der Waals surface area contributed by atoms with Gasteiger partial charge in [0.25, 0.3) is 0 Å². The number of hydrogen-bond donors (Lipinski definition) is 1. The maximum absolute atomic E-state index is 11.7. The van der Waals surface area contributed by atoms with Crippen molar-refractivity contribution in [2.75, 3.05) is 26.7 Å². The van der Waals surface area contributed by atoms with Gasteiger partial charge in [-0.05, 0) is 38.1 Å². The number of amides is 1. The Morgan fingerprint density at radius 1 is 1.56 bits per heavy atom. The molecule has 0 aliphatic carbocycles. The van der Waals surface area contributed by atoms with Gasteiger partial charge in [-0.3, -0.25) is 9.78 Å². The Kier molecular flexibility index (Phi) is 4.70. The van der Waals surface area contributed by atoms with Crippen LogP contribution in [0, 0.1) is 5.92 Å². The summed E-state index contributed by atoms with van der Waals surface area (Å²) in [6.45, 7) is 2.85. The molecular weight excluding hydrogens is 226 g/mol. The standard InChI is InChI=1S/C14H21N3O/c1-17-9-6-12(11-17)10-14(18)16-8-5-13-4-2-3-7-15-13/h2-4,7,12H,5-6,8-11H2,1H3,(H,16,18). The highest BCUT2D eigenvalue weighted by Gasteiger charge is 2.21. The number of pyridine rings is 1. The van der Waals surface area contributed by atoms with Crippen molar-refractivity contribution >= 4 is 5.91 Å². The molecular formula is C14H21N3O. The van der Waals surface area contributed by atoms with Crippen molar-refractivity contribution in [3.8, 4) is 0 Å². The van der Waals surface area contributed by atoms with Gasteiger partial charge in [-0.2, -0.15) is 0 Å². The molecule has 1 aliphatic rings. The second kappa shape index (κ2) is 6.50. The first-order valence-corrected chi connectivity index (χ1v) is 6.59. The van der Waals surface area contributed by atoms with Crippen LogP contribution in [-0.2, 0) is 11.2 Å². The van der Waals surface area contributed by atoms with Crippen molar-refractivity contribution in [2.45, 2.75) is 19.3 Å². The highest BCUT2D eigenvalue weighted by molar-refractivity contribution is 5.76. The third kappa shape index (κ3) is 4.11. The van der Waals surface area contributed by atoms with Crippen LogP contribution in [0.3, 0.4) is 0 Å². The van der Waals surface area contributed by atoms with E-state index in [0.29, 0.717) is 18.9 Å². The third-order valence-corrected chi connectivity index (χ3v) is 3.39. The molecule has 0 aromatic carbocycles. The van der Waals surface area contributed by atoms with Crippen LogP contribution < -0.4 is 5.32 Å². The Balaban J connectivity index is 1.63. The first-order chi connectivity index (χ1) is 8.74. The molecule has 1 N–H and O–H groups in total. The monoisotopic (exact) mass is 247 g/mol. The molecule has 4 heteroatoms. The SMILES string of the molecule is CN1CCC(CC(=O)NCCc2ccccn2)C1. The van der Waals surface area contributed by atoms with E-state index >= 15 is 0 Å². The molecule has 4 nitrogen and oxygen atoms in total. The zero-order chi connectivity index (χ0) is 12.8. The molecule has 1 saturated heterocycles. The van der Waals surface area contributed by atoms with Crippen molar-refractivity contribution in [3.63, 3.8) is 0 Å². The molecule has 0 spiro atoms. The van der Waals surface area contributed by atoms with Crippen molar-refractivity contribution < 1.29 is 4.79 Å². The van der Waals surface area contributed by atoms with Crippen LogP contribution in [0.25, 0.3) is 0 Å². The van der Waals surface area contributed by atoms with E-state index < -0.39 is 0 Å². The minimum atomic E-state index is 0.172. The van der Waals surface area contributed by atoms with Crippen LogP contribution in [-0.4, -0.2) is 42.5 Å². The molecule has 1 atom stereocenters. The Morgan fingerprint density at radius 2 is 2.44 bits per heavy atom. The summed E-state index contributed by atoms with van der Waals surface area (Å²) >= 11 is 0. The molecule has 1 aromatic heterocycles. The van der Waals surface area contributed by atoms with E-state index in [0.717, 1.165) is 31.6 Å². The van der Waals surface area contributed by atoms with E-state index in [-0.39, 0.29) is 5.91 Å². The van der Waals surface area contributed by atoms with Crippen molar-refractivity contribution in [3.05, 3.63) is 30.1 Å². The van der Waals surface area contributed by atoms with E-state index in [1.165, 1.54) is 0 Å². The van der Waals surface area contributed by atoms with E-state index in [9.17, 15) is 4.79 Å².